The number of aryl methyl sites for hydroxylation is 1. The number of unbranched alkanes of at least 4 members (excludes halogenated alkanes) is 1. The van der Waals surface area contributed by atoms with E-state index in [4.69, 9.17) is 21.6 Å². The van der Waals surface area contributed by atoms with Gasteiger partial charge in [0.25, 0.3) is 0 Å². The van der Waals surface area contributed by atoms with Crippen LogP contribution in [-0.2, 0) is 6.42 Å². The molecule has 0 unspecified atom stereocenters. The van der Waals surface area contributed by atoms with Gasteiger partial charge in [0.15, 0.2) is 0 Å². The van der Waals surface area contributed by atoms with Gasteiger partial charge in [-0.05, 0) is 66.3 Å². The summed E-state index contributed by atoms with van der Waals surface area (Å²) in [5.74, 6) is 0.856. The van der Waals surface area contributed by atoms with Crippen LogP contribution < -0.4 is 4.74 Å². The Kier molecular flexibility index (Phi) is 9.04. The molecule has 0 saturated heterocycles. The molecule has 0 atom stereocenters. The minimum Gasteiger partial charge on any atom is -0.494 e. The Bertz CT molecular complexity index is 887. The molecular weight excluding hydrogens is 368 g/mol. The Hall–Kier alpha value is -2.83. The van der Waals surface area contributed by atoms with E-state index >= 15 is 0 Å². The number of nitriles is 1. The summed E-state index contributed by atoms with van der Waals surface area (Å²) in [5.41, 5.74) is 3.77. The van der Waals surface area contributed by atoms with Crippen LogP contribution in [0.15, 0.2) is 67.0 Å². The standard InChI is InChI=1S/C22H19ClN2O.C2H6/c23-22-14-19(6-7-20(22)15-24)18-8-10-21(11-9-18)26-13-2-1-4-17-5-3-12-25-16-17;1-2/h3,5-12,14,16H,1-2,4,13H2;1-2H3. The largest absolute Gasteiger partial charge is 0.494 e. The van der Waals surface area contributed by atoms with E-state index in [0.29, 0.717) is 17.2 Å². The maximum atomic E-state index is 8.95. The number of pyridine rings is 1. The quantitative estimate of drug-likeness (QED) is 0.420. The van der Waals surface area contributed by atoms with Gasteiger partial charge in [-0.1, -0.05) is 49.7 Å². The van der Waals surface area contributed by atoms with Crippen molar-refractivity contribution < 1.29 is 4.74 Å². The van der Waals surface area contributed by atoms with Crippen molar-refractivity contribution in [2.24, 2.45) is 0 Å². The summed E-state index contributed by atoms with van der Waals surface area (Å²) in [4.78, 5) is 4.12. The molecule has 3 aromatic rings. The van der Waals surface area contributed by atoms with E-state index in [2.05, 4.69) is 17.1 Å². The molecule has 0 amide bonds. The van der Waals surface area contributed by atoms with Crippen molar-refractivity contribution in [3.63, 3.8) is 0 Å². The molecule has 4 heteroatoms. The summed E-state index contributed by atoms with van der Waals surface area (Å²) in [6.45, 7) is 4.70. The average molecular weight is 393 g/mol. The molecule has 2 aromatic carbocycles. The molecule has 0 aliphatic rings. The first-order chi connectivity index (χ1) is 13.8. The molecular formula is C24H25ClN2O. The van der Waals surface area contributed by atoms with Crippen molar-refractivity contribution in [2.45, 2.75) is 33.1 Å². The van der Waals surface area contributed by atoms with Gasteiger partial charge < -0.3 is 4.74 Å². The number of ether oxygens (including phenoxy) is 1. The molecule has 0 N–H and O–H groups in total. The fourth-order valence-corrected chi connectivity index (χ4v) is 2.92. The van der Waals surface area contributed by atoms with Crippen molar-refractivity contribution in [1.29, 1.82) is 5.26 Å². The highest BCUT2D eigenvalue weighted by Gasteiger charge is 2.04. The van der Waals surface area contributed by atoms with Gasteiger partial charge in [-0.3, -0.25) is 4.98 Å². The van der Waals surface area contributed by atoms with Crippen LogP contribution in [-0.4, -0.2) is 11.6 Å². The fraction of sp³-hybridized carbons (Fsp3) is 0.250. The molecule has 0 aliphatic carbocycles. The second-order valence-electron chi connectivity index (χ2n) is 6.00. The highest BCUT2D eigenvalue weighted by Crippen LogP contribution is 2.27. The van der Waals surface area contributed by atoms with Crippen LogP contribution in [0.25, 0.3) is 11.1 Å². The molecule has 0 fully saturated rings. The van der Waals surface area contributed by atoms with Crippen molar-refractivity contribution in [3.05, 3.63) is 83.1 Å². The maximum Gasteiger partial charge on any atom is 0.119 e. The molecule has 0 saturated carbocycles. The zero-order chi connectivity index (χ0) is 20.2. The monoisotopic (exact) mass is 392 g/mol. The van der Waals surface area contributed by atoms with Crippen LogP contribution >= 0.6 is 11.6 Å². The highest BCUT2D eigenvalue weighted by molar-refractivity contribution is 6.32. The lowest BCUT2D eigenvalue weighted by Gasteiger charge is -2.08. The van der Waals surface area contributed by atoms with Crippen molar-refractivity contribution in [1.82, 2.24) is 4.98 Å². The summed E-state index contributed by atoms with van der Waals surface area (Å²) in [6, 6.07) is 19.5. The third-order valence-electron chi connectivity index (χ3n) is 4.13. The lowest BCUT2D eigenvalue weighted by Crippen LogP contribution is -1.98. The van der Waals surface area contributed by atoms with Crippen LogP contribution in [0.4, 0.5) is 0 Å². The van der Waals surface area contributed by atoms with Crippen LogP contribution in [0.1, 0.15) is 37.8 Å². The molecule has 3 rings (SSSR count). The van der Waals surface area contributed by atoms with Gasteiger partial charge in [0.2, 0.25) is 0 Å². The van der Waals surface area contributed by atoms with Gasteiger partial charge >= 0.3 is 0 Å². The number of nitrogens with zero attached hydrogens (tertiary/aromatic N) is 2. The fourth-order valence-electron chi connectivity index (χ4n) is 2.70. The Morgan fingerprint density at radius 2 is 1.75 bits per heavy atom. The van der Waals surface area contributed by atoms with Crippen molar-refractivity contribution in [3.8, 4) is 22.9 Å². The van der Waals surface area contributed by atoms with Gasteiger partial charge in [-0.2, -0.15) is 5.26 Å². The van der Waals surface area contributed by atoms with E-state index in [1.54, 1.807) is 12.3 Å². The minimum absolute atomic E-state index is 0.471. The first kappa shape index (κ1) is 21.5. The number of benzene rings is 2. The van der Waals surface area contributed by atoms with E-state index in [0.717, 1.165) is 36.1 Å². The highest BCUT2D eigenvalue weighted by atomic mass is 35.5. The second-order valence-corrected chi connectivity index (χ2v) is 6.40. The molecule has 144 valence electrons. The van der Waals surface area contributed by atoms with Crippen LogP contribution in [0, 0.1) is 11.3 Å². The molecule has 3 nitrogen and oxygen atoms in total. The van der Waals surface area contributed by atoms with Gasteiger partial charge in [0.1, 0.15) is 11.8 Å². The lowest BCUT2D eigenvalue weighted by molar-refractivity contribution is 0.307. The third kappa shape index (κ3) is 6.40. The Labute approximate surface area is 172 Å². The van der Waals surface area contributed by atoms with E-state index < -0.39 is 0 Å². The van der Waals surface area contributed by atoms with Crippen LogP contribution in [0.2, 0.25) is 5.02 Å². The first-order valence-corrected chi connectivity index (χ1v) is 9.96. The Balaban J connectivity index is 0.00000136. The Morgan fingerprint density at radius 1 is 1.00 bits per heavy atom. The van der Waals surface area contributed by atoms with Gasteiger partial charge in [0, 0.05) is 12.4 Å². The zero-order valence-corrected chi connectivity index (χ0v) is 17.1. The normalized spacial score (nSPS) is 9.79. The number of rotatable bonds is 7. The predicted octanol–water partition coefficient (Wildman–Crippen LogP) is 6.70. The van der Waals surface area contributed by atoms with Gasteiger partial charge in [-0.15, -0.1) is 0 Å². The SMILES string of the molecule is CC.N#Cc1ccc(-c2ccc(OCCCCc3cccnc3)cc2)cc1Cl. The number of halogens is 1. The minimum atomic E-state index is 0.471. The van der Waals surface area contributed by atoms with E-state index in [9.17, 15) is 0 Å². The lowest BCUT2D eigenvalue weighted by atomic mass is 10.0. The summed E-state index contributed by atoms with van der Waals surface area (Å²) in [5, 5.41) is 9.42. The third-order valence-corrected chi connectivity index (χ3v) is 4.44. The van der Waals surface area contributed by atoms with Gasteiger partial charge in [0.05, 0.1) is 17.2 Å². The maximum absolute atomic E-state index is 8.95. The van der Waals surface area contributed by atoms with Crippen molar-refractivity contribution >= 4 is 11.6 Å². The predicted molar refractivity (Wildman–Crippen MR) is 116 cm³/mol. The smallest absolute Gasteiger partial charge is 0.119 e. The van der Waals surface area contributed by atoms with Crippen LogP contribution in [0.5, 0.6) is 5.75 Å². The molecule has 0 radical (unpaired) electrons. The average Bonchev–Trinajstić information content (AvgIpc) is 2.76. The molecule has 1 aromatic heterocycles. The molecule has 0 spiro atoms. The summed E-state index contributed by atoms with van der Waals surface area (Å²) in [6.07, 6.45) is 6.81. The summed E-state index contributed by atoms with van der Waals surface area (Å²) < 4.78 is 5.81. The molecule has 28 heavy (non-hydrogen) atoms. The first-order valence-electron chi connectivity index (χ1n) is 9.58. The van der Waals surface area contributed by atoms with Crippen LogP contribution in [0.3, 0.4) is 0 Å². The number of hydrogen-bond acceptors (Lipinski definition) is 3. The topological polar surface area (TPSA) is 45.9 Å². The Morgan fingerprint density at radius 3 is 2.39 bits per heavy atom. The van der Waals surface area contributed by atoms with E-state index in [1.807, 2.05) is 62.5 Å². The molecule has 0 aliphatic heterocycles. The molecule has 1 heterocycles. The van der Waals surface area contributed by atoms with E-state index in [1.165, 1.54) is 5.56 Å². The molecule has 0 bridgehead atoms. The van der Waals surface area contributed by atoms with Gasteiger partial charge in [-0.25, -0.2) is 0 Å². The van der Waals surface area contributed by atoms with Crippen molar-refractivity contribution in [2.75, 3.05) is 6.61 Å². The van der Waals surface area contributed by atoms with E-state index in [-0.39, 0.29) is 0 Å². The summed E-state index contributed by atoms with van der Waals surface area (Å²) in [7, 11) is 0. The zero-order valence-electron chi connectivity index (χ0n) is 16.4. The number of aromatic nitrogens is 1. The second kappa shape index (κ2) is 11.8. The number of hydrogen-bond donors (Lipinski definition) is 0. The summed E-state index contributed by atoms with van der Waals surface area (Å²) >= 11 is 6.10.